The molecule has 3 saturated carbocycles. The Balaban J connectivity index is 1.69. The fraction of sp³-hybridized carbons (Fsp3) is 0.903. The first-order valence-electron chi connectivity index (χ1n) is 14.4. The minimum Gasteiger partial charge on any atom is -0.481 e. The summed E-state index contributed by atoms with van der Waals surface area (Å²) in [5.74, 6) is 2.68. The molecule has 1 unspecified atom stereocenters. The number of rotatable bonds is 7. The summed E-state index contributed by atoms with van der Waals surface area (Å²) < 4.78 is 0. The molecule has 3 heteroatoms. The zero-order valence-corrected chi connectivity index (χ0v) is 23.1. The Bertz CT molecular complexity index is 798. The van der Waals surface area contributed by atoms with E-state index in [0.29, 0.717) is 36.0 Å². The Kier molecular flexibility index (Phi) is 6.89. The molecule has 3 fully saturated rings. The molecule has 4 rings (SSSR count). The van der Waals surface area contributed by atoms with E-state index in [2.05, 4.69) is 60.6 Å². The van der Waals surface area contributed by atoms with Crippen LogP contribution in [0.1, 0.15) is 113 Å². The van der Waals surface area contributed by atoms with Gasteiger partial charge in [0, 0.05) is 0 Å². The van der Waals surface area contributed by atoms with Crippen LogP contribution < -0.4 is 0 Å². The van der Waals surface area contributed by atoms with Crippen molar-refractivity contribution in [3.8, 4) is 0 Å². The van der Waals surface area contributed by atoms with Crippen LogP contribution in [0.4, 0.5) is 0 Å². The molecule has 0 bridgehead atoms. The van der Waals surface area contributed by atoms with Gasteiger partial charge in [-0.3, -0.25) is 4.79 Å². The largest absolute Gasteiger partial charge is 0.481 e. The van der Waals surface area contributed by atoms with Crippen LogP contribution in [0.2, 0.25) is 0 Å². The van der Waals surface area contributed by atoms with Gasteiger partial charge in [0.05, 0.1) is 12.5 Å². The lowest BCUT2D eigenvalue weighted by Crippen LogP contribution is -2.61. The molecule has 194 valence electrons. The lowest BCUT2D eigenvalue weighted by Gasteiger charge is -2.66. The van der Waals surface area contributed by atoms with Crippen LogP contribution in [0.25, 0.3) is 0 Å². The maximum atomic E-state index is 12.4. The van der Waals surface area contributed by atoms with E-state index in [1.165, 1.54) is 38.5 Å². The van der Waals surface area contributed by atoms with E-state index in [0.717, 1.165) is 25.2 Å². The van der Waals surface area contributed by atoms with Crippen LogP contribution in [-0.4, -0.2) is 22.3 Å². The van der Waals surface area contributed by atoms with Crippen LogP contribution in [-0.2, 0) is 4.79 Å². The standard InChI is InChI=1S/C31H52O3/c1-20(2)9-8-10-21(3)22-14-18-31(19-27(33)34)24-11-12-25-28(4,5)26(32)15-16-29(25,6)23(24)13-17-30(22,31)7/h11-12,20-26,32H,8-10,13-19H2,1-7H3,(H,33,34)/t21-,22-,23+,24-,25?,26+,29-,30-,31-/m1/s1. The van der Waals surface area contributed by atoms with Gasteiger partial charge in [0.1, 0.15) is 0 Å². The first-order valence-corrected chi connectivity index (χ1v) is 14.4. The van der Waals surface area contributed by atoms with Gasteiger partial charge in [0.15, 0.2) is 0 Å². The van der Waals surface area contributed by atoms with Crippen molar-refractivity contribution in [2.75, 3.05) is 0 Å². The molecule has 0 aliphatic heterocycles. The molecule has 0 heterocycles. The Morgan fingerprint density at radius 1 is 0.971 bits per heavy atom. The van der Waals surface area contributed by atoms with Crippen molar-refractivity contribution in [3.63, 3.8) is 0 Å². The summed E-state index contributed by atoms with van der Waals surface area (Å²) in [6.45, 7) is 16.5. The molecule has 0 aromatic heterocycles. The quantitative estimate of drug-likeness (QED) is 0.373. The molecule has 2 N–H and O–H groups in total. The van der Waals surface area contributed by atoms with Crippen LogP contribution in [0.3, 0.4) is 0 Å². The Morgan fingerprint density at radius 2 is 1.68 bits per heavy atom. The zero-order valence-electron chi connectivity index (χ0n) is 23.1. The summed E-state index contributed by atoms with van der Waals surface area (Å²) >= 11 is 0. The van der Waals surface area contributed by atoms with Crippen molar-refractivity contribution in [2.45, 2.75) is 119 Å². The normalized spacial score (nSPS) is 46.0. The van der Waals surface area contributed by atoms with Crippen molar-refractivity contribution < 1.29 is 15.0 Å². The lowest BCUT2D eigenvalue weighted by molar-refractivity contribution is -0.172. The van der Waals surface area contributed by atoms with E-state index in [4.69, 9.17) is 0 Å². The second-order valence-corrected chi connectivity index (χ2v) is 14.5. The average molecular weight is 473 g/mol. The number of aliphatic hydroxyl groups excluding tert-OH is 1. The van der Waals surface area contributed by atoms with Crippen molar-refractivity contribution in [1.29, 1.82) is 0 Å². The molecule has 9 atom stereocenters. The molecule has 34 heavy (non-hydrogen) atoms. The van der Waals surface area contributed by atoms with E-state index in [1.807, 2.05) is 0 Å². The van der Waals surface area contributed by atoms with Gasteiger partial charge in [0.25, 0.3) is 0 Å². The molecule has 4 aliphatic rings. The van der Waals surface area contributed by atoms with Crippen LogP contribution >= 0.6 is 0 Å². The number of fused-ring (bicyclic) bond motifs is 5. The van der Waals surface area contributed by atoms with Gasteiger partial charge >= 0.3 is 5.97 Å². The summed E-state index contributed by atoms with van der Waals surface area (Å²) in [6.07, 6.45) is 15.4. The van der Waals surface area contributed by atoms with E-state index < -0.39 is 5.97 Å². The molecule has 0 spiro atoms. The molecule has 3 nitrogen and oxygen atoms in total. The summed E-state index contributed by atoms with van der Waals surface area (Å²) in [5.41, 5.74) is -0.0152. The van der Waals surface area contributed by atoms with Gasteiger partial charge in [-0.05, 0) is 95.7 Å². The summed E-state index contributed by atoms with van der Waals surface area (Å²) in [5, 5.41) is 21.0. The summed E-state index contributed by atoms with van der Waals surface area (Å²) in [4.78, 5) is 12.4. The lowest BCUT2D eigenvalue weighted by atomic mass is 9.39. The van der Waals surface area contributed by atoms with Crippen LogP contribution in [0.5, 0.6) is 0 Å². The monoisotopic (exact) mass is 472 g/mol. The van der Waals surface area contributed by atoms with Crippen molar-refractivity contribution in [3.05, 3.63) is 12.2 Å². The Hall–Kier alpha value is -0.830. The predicted molar refractivity (Wildman–Crippen MR) is 139 cm³/mol. The molecule has 4 aliphatic carbocycles. The third-order valence-corrected chi connectivity index (χ3v) is 12.2. The zero-order chi connectivity index (χ0) is 25.1. The number of carboxylic acid groups (broad SMARTS) is 1. The number of allylic oxidation sites excluding steroid dienone is 2. The van der Waals surface area contributed by atoms with Gasteiger partial charge in [-0.2, -0.15) is 0 Å². The van der Waals surface area contributed by atoms with E-state index in [9.17, 15) is 15.0 Å². The smallest absolute Gasteiger partial charge is 0.303 e. The highest BCUT2D eigenvalue weighted by Crippen LogP contribution is 2.74. The van der Waals surface area contributed by atoms with Gasteiger partial charge in [-0.25, -0.2) is 0 Å². The second-order valence-electron chi connectivity index (χ2n) is 14.5. The molecular weight excluding hydrogens is 420 g/mol. The third-order valence-electron chi connectivity index (χ3n) is 12.2. The van der Waals surface area contributed by atoms with Crippen LogP contribution in [0.15, 0.2) is 12.2 Å². The molecule has 0 aromatic carbocycles. The molecule has 0 radical (unpaired) electrons. The maximum Gasteiger partial charge on any atom is 0.303 e. The number of aliphatic carboxylic acids is 1. The fourth-order valence-corrected chi connectivity index (χ4v) is 10.2. The number of carboxylic acids is 1. The topological polar surface area (TPSA) is 57.5 Å². The predicted octanol–water partition coefficient (Wildman–Crippen LogP) is 7.73. The van der Waals surface area contributed by atoms with Gasteiger partial charge < -0.3 is 10.2 Å². The first-order chi connectivity index (χ1) is 15.8. The highest BCUT2D eigenvalue weighted by molar-refractivity contribution is 5.68. The number of carbonyl (C=O) groups is 1. The number of hydrogen-bond acceptors (Lipinski definition) is 2. The van der Waals surface area contributed by atoms with Gasteiger partial charge in [-0.15, -0.1) is 0 Å². The third kappa shape index (κ3) is 3.82. The second kappa shape index (κ2) is 8.93. The maximum absolute atomic E-state index is 12.4. The van der Waals surface area contributed by atoms with Crippen molar-refractivity contribution in [2.24, 2.45) is 57.2 Å². The molecule has 0 aromatic rings. The SMILES string of the molecule is CC(C)CCC[C@@H](C)[C@H]1CC[C@@]2(CC(=O)O)[C@@H]3C=CC4C(C)(C)[C@@H](O)CC[C@]4(C)[C@H]3CC[C@]12C. The summed E-state index contributed by atoms with van der Waals surface area (Å²) in [7, 11) is 0. The van der Waals surface area contributed by atoms with E-state index in [1.54, 1.807) is 0 Å². The fourth-order valence-electron chi connectivity index (χ4n) is 10.2. The highest BCUT2D eigenvalue weighted by atomic mass is 16.4. The average Bonchev–Trinajstić information content (AvgIpc) is 3.03. The molecule has 0 amide bonds. The van der Waals surface area contributed by atoms with Crippen LogP contribution in [0, 0.1) is 57.2 Å². The Labute approximate surface area is 209 Å². The van der Waals surface area contributed by atoms with Crippen molar-refractivity contribution >= 4 is 5.97 Å². The minimum absolute atomic E-state index is 0.0983. The molecular formula is C31H52O3. The number of hydrogen-bond donors (Lipinski definition) is 2. The summed E-state index contributed by atoms with van der Waals surface area (Å²) in [6, 6.07) is 0. The van der Waals surface area contributed by atoms with E-state index in [-0.39, 0.29) is 27.8 Å². The number of aliphatic hydroxyl groups is 1. The van der Waals surface area contributed by atoms with Crippen molar-refractivity contribution in [1.82, 2.24) is 0 Å². The van der Waals surface area contributed by atoms with E-state index >= 15 is 0 Å². The molecule has 0 saturated heterocycles. The van der Waals surface area contributed by atoms with Gasteiger partial charge in [0.2, 0.25) is 0 Å². The highest BCUT2D eigenvalue weighted by Gasteiger charge is 2.68. The minimum atomic E-state index is -0.611. The Morgan fingerprint density at radius 3 is 2.32 bits per heavy atom. The van der Waals surface area contributed by atoms with Gasteiger partial charge in [-0.1, -0.05) is 79.9 Å². The first kappa shape index (κ1) is 26.2.